The summed E-state index contributed by atoms with van der Waals surface area (Å²) in [7, 11) is 0. The Morgan fingerprint density at radius 2 is 1.75 bits per heavy atom. The molecule has 4 heteroatoms. The van der Waals surface area contributed by atoms with Crippen LogP contribution in [0.5, 0.6) is 0 Å². The van der Waals surface area contributed by atoms with Gasteiger partial charge in [0.15, 0.2) is 0 Å². The van der Waals surface area contributed by atoms with E-state index in [2.05, 4.69) is 12.6 Å². The van der Waals surface area contributed by atoms with Crippen molar-refractivity contribution < 1.29 is 15.3 Å². The number of rotatable bonds is 5. The lowest BCUT2D eigenvalue weighted by Gasteiger charge is -2.33. The second-order valence-corrected chi connectivity index (χ2v) is 3.56. The molecule has 0 aromatic heterocycles. The molecule has 74 valence electrons. The highest BCUT2D eigenvalue weighted by molar-refractivity contribution is 7.81. The van der Waals surface area contributed by atoms with Crippen LogP contribution in [-0.4, -0.2) is 38.9 Å². The highest BCUT2D eigenvalue weighted by Gasteiger charge is 2.35. The summed E-state index contributed by atoms with van der Waals surface area (Å²) in [5.74, 6) is 0. The van der Waals surface area contributed by atoms with Gasteiger partial charge in [0.25, 0.3) is 0 Å². The van der Waals surface area contributed by atoms with Gasteiger partial charge in [-0.05, 0) is 12.8 Å². The van der Waals surface area contributed by atoms with E-state index in [0.29, 0.717) is 12.8 Å². The third kappa shape index (κ3) is 2.62. The predicted octanol–water partition coefficient (Wildman–Crippen LogP) is 0.189. The first-order valence-corrected chi connectivity index (χ1v) is 4.72. The van der Waals surface area contributed by atoms with Crippen LogP contribution in [0.1, 0.15) is 26.7 Å². The van der Waals surface area contributed by atoms with Gasteiger partial charge in [-0.3, -0.25) is 0 Å². The Bertz CT molecular complexity index is 125. The first-order chi connectivity index (χ1) is 5.51. The van der Waals surface area contributed by atoms with Crippen LogP contribution in [0.2, 0.25) is 0 Å². The molecule has 0 aliphatic rings. The van der Waals surface area contributed by atoms with E-state index in [-0.39, 0.29) is 6.61 Å². The number of aliphatic hydroxyl groups is 3. The van der Waals surface area contributed by atoms with Gasteiger partial charge in [-0.1, -0.05) is 13.8 Å². The Morgan fingerprint density at radius 3 is 2.00 bits per heavy atom. The second kappa shape index (κ2) is 5.07. The highest BCUT2D eigenvalue weighted by atomic mass is 32.1. The molecule has 0 unspecified atom stereocenters. The van der Waals surface area contributed by atoms with Gasteiger partial charge < -0.3 is 15.3 Å². The summed E-state index contributed by atoms with van der Waals surface area (Å²) in [4.78, 5) is 0. The molecule has 0 amide bonds. The number of thiol groups is 1. The van der Waals surface area contributed by atoms with Crippen LogP contribution in [0.4, 0.5) is 0 Å². The molecule has 2 atom stereocenters. The van der Waals surface area contributed by atoms with Crippen LogP contribution in [-0.2, 0) is 0 Å². The third-order valence-corrected chi connectivity index (χ3v) is 3.15. The van der Waals surface area contributed by atoms with Crippen molar-refractivity contribution >= 4 is 12.6 Å². The molecule has 0 bridgehead atoms. The van der Waals surface area contributed by atoms with Gasteiger partial charge in [-0.15, -0.1) is 0 Å². The fourth-order valence-electron chi connectivity index (χ4n) is 1.13. The fraction of sp³-hybridized carbons (Fsp3) is 1.00. The topological polar surface area (TPSA) is 60.7 Å². The SMILES string of the molecule is CCC(O)(CC)[C@@H](S)[C@H](O)CO. The van der Waals surface area contributed by atoms with Crippen molar-refractivity contribution in [2.45, 2.75) is 43.6 Å². The summed E-state index contributed by atoms with van der Waals surface area (Å²) >= 11 is 4.09. The Balaban J connectivity index is 4.29. The quantitative estimate of drug-likeness (QED) is 0.473. The summed E-state index contributed by atoms with van der Waals surface area (Å²) in [6.07, 6.45) is 0.0851. The van der Waals surface area contributed by atoms with Gasteiger partial charge >= 0.3 is 0 Å². The van der Waals surface area contributed by atoms with E-state index >= 15 is 0 Å². The maximum atomic E-state index is 9.85. The summed E-state index contributed by atoms with van der Waals surface area (Å²) in [5, 5.41) is 27.2. The monoisotopic (exact) mass is 194 g/mol. The molecule has 0 aromatic rings. The van der Waals surface area contributed by atoms with Gasteiger partial charge in [0.05, 0.1) is 23.6 Å². The molecule has 0 saturated carbocycles. The molecule has 3 N–H and O–H groups in total. The van der Waals surface area contributed by atoms with Crippen molar-refractivity contribution in [2.75, 3.05) is 6.61 Å². The van der Waals surface area contributed by atoms with Crippen LogP contribution in [0, 0.1) is 0 Å². The third-order valence-electron chi connectivity index (χ3n) is 2.33. The minimum Gasteiger partial charge on any atom is -0.394 e. The first kappa shape index (κ1) is 12.2. The Kier molecular flexibility index (Phi) is 5.16. The van der Waals surface area contributed by atoms with E-state index in [1.54, 1.807) is 0 Å². The van der Waals surface area contributed by atoms with Crippen molar-refractivity contribution in [3.63, 3.8) is 0 Å². The van der Waals surface area contributed by atoms with Crippen LogP contribution < -0.4 is 0 Å². The van der Waals surface area contributed by atoms with Gasteiger partial charge in [-0.25, -0.2) is 0 Å². The fourth-order valence-corrected chi connectivity index (χ4v) is 1.59. The zero-order valence-electron chi connectivity index (χ0n) is 7.56. The van der Waals surface area contributed by atoms with Gasteiger partial charge in [0, 0.05) is 0 Å². The summed E-state index contributed by atoms with van der Waals surface area (Å²) in [6, 6.07) is 0. The zero-order valence-corrected chi connectivity index (χ0v) is 8.46. The minimum atomic E-state index is -0.981. The molecule has 0 aliphatic heterocycles. The van der Waals surface area contributed by atoms with Crippen molar-refractivity contribution in [3.05, 3.63) is 0 Å². The summed E-state index contributed by atoms with van der Waals surface area (Å²) in [5.41, 5.74) is -0.981. The lowest BCUT2D eigenvalue weighted by Crippen LogP contribution is -2.46. The number of hydrogen-bond acceptors (Lipinski definition) is 4. The average molecular weight is 194 g/mol. The molecule has 0 aliphatic carbocycles. The van der Waals surface area contributed by atoms with E-state index < -0.39 is 17.0 Å². The van der Waals surface area contributed by atoms with E-state index in [9.17, 15) is 10.2 Å². The van der Waals surface area contributed by atoms with E-state index in [0.717, 1.165) is 0 Å². The summed E-state index contributed by atoms with van der Waals surface area (Å²) in [6.45, 7) is 3.30. The van der Waals surface area contributed by atoms with Gasteiger partial charge in [-0.2, -0.15) is 12.6 Å². The normalized spacial score (nSPS) is 17.5. The van der Waals surface area contributed by atoms with E-state index in [1.165, 1.54) is 0 Å². The largest absolute Gasteiger partial charge is 0.394 e. The Hall–Kier alpha value is 0.230. The molecule has 3 nitrogen and oxygen atoms in total. The lowest BCUT2D eigenvalue weighted by atomic mass is 9.90. The summed E-state index contributed by atoms with van der Waals surface area (Å²) < 4.78 is 0. The minimum absolute atomic E-state index is 0.365. The number of hydrogen-bond donors (Lipinski definition) is 4. The van der Waals surface area contributed by atoms with Crippen molar-refractivity contribution in [1.82, 2.24) is 0 Å². The van der Waals surface area contributed by atoms with Crippen molar-refractivity contribution in [3.8, 4) is 0 Å². The van der Waals surface area contributed by atoms with E-state index in [1.807, 2.05) is 13.8 Å². The lowest BCUT2D eigenvalue weighted by molar-refractivity contribution is -0.0227. The Morgan fingerprint density at radius 1 is 1.33 bits per heavy atom. The number of aliphatic hydroxyl groups excluding tert-OH is 2. The highest BCUT2D eigenvalue weighted by Crippen LogP contribution is 2.26. The van der Waals surface area contributed by atoms with Crippen LogP contribution in [0.15, 0.2) is 0 Å². The molecule has 12 heavy (non-hydrogen) atoms. The average Bonchev–Trinajstić information content (AvgIpc) is 2.14. The second-order valence-electron chi connectivity index (χ2n) is 3.01. The molecular weight excluding hydrogens is 176 g/mol. The molecule has 0 rings (SSSR count). The molecule has 0 aromatic carbocycles. The predicted molar refractivity (Wildman–Crippen MR) is 51.4 cm³/mol. The van der Waals surface area contributed by atoms with E-state index in [4.69, 9.17) is 5.11 Å². The van der Waals surface area contributed by atoms with Crippen LogP contribution in [0.25, 0.3) is 0 Å². The molecular formula is C8H18O3S. The molecule has 0 saturated heterocycles. The molecule has 0 spiro atoms. The standard InChI is InChI=1S/C8H18O3S/c1-3-8(11,4-2)7(12)6(10)5-9/h6-7,9-12H,3-5H2,1-2H3/t6-,7+/m1/s1. The molecule has 0 radical (unpaired) electrons. The Labute approximate surface area is 78.8 Å². The zero-order chi connectivity index (χ0) is 9.78. The van der Waals surface area contributed by atoms with Gasteiger partial charge in [0.1, 0.15) is 0 Å². The van der Waals surface area contributed by atoms with Crippen molar-refractivity contribution in [2.24, 2.45) is 0 Å². The van der Waals surface area contributed by atoms with Crippen molar-refractivity contribution in [1.29, 1.82) is 0 Å². The molecule has 0 heterocycles. The van der Waals surface area contributed by atoms with Crippen LogP contribution in [0.3, 0.4) is 0 Å². The maximum absolute atomic E-state index is 9.85. The maximum Gasteiger partial charge on any atom is 0.0914 e. The van der Waals surface area contributed by atoms with Gasteiger partial charge in [0.2, 0.25) is 0 Å². The van der Waals surface area contributed by atoms with Crippen LogP contribution >= 0.6 is 12.6 Å². The first-order valence-electron chi connectivity index (χ1n) is 4.21. The molecule has 0 fully saturated rings. The smallest absolute Gasteiger partial charge is 0.0914 e.